The summed E-state index contributed by atoms with van der Waals surface area (Å²) in [5.41, 5.74) is 0.440. The standard InChI is InChI=1S/C29H26Cl2F4N2O/c1-28(2,3)20-7-4-18(5-8-20)16-37(13-11-17-6-9-22(30)23(31)14-17)27(38)24-25(32)21(29(33,34)35)15-19-10-12-36-26(19)24/h4-10,12,14-15,36H,11,13,16H2,1-3H3. The van der Waals surface area contributed by atoms with E-state index >= 15 is 4.39 Å². The minimum absolute atomic E-state index is 0.0168. The molecule has 0 aliphatic heterocycles. The smallest absolute Gasteiger partial charge is 0.360 e. The highest BCUT2D eigenvalue weighted by atomic mass is 35.5. The van der Waals surface area contributed by atoms with Crippen molar-refractivity contribution in [3.8, 4) is 0 Å². The van der Waals surface area contributed by atoms with E-state index in [0.29, 0.717) is 22.5 Å². The average molecular weight is 565 g/mol. The maximum Gasteiger partial charge on any atom is 0.419 e. The molecule has 0 fully saturated rings. The predicted octanol–water partition coefficient (Wildman–Crippen LogP) is 8.82. The Morgan fingerprint density at radius 1 is 0.921 bits per heavy atom. The van der Waals surface area contributed by atoms with Crippen molar-refractivity contribution in [3.05, 3.63) is 104 Å². The molecule has 0 radical (unpaired) electrons. The van der Waals surface area contributed by atoms with Crippen LogP contribution in [0.4, 0.5) is 17.6 Å². The Morgan fingerprint density at radius 3 is 2.18 bits per heavy atom. The predicted molar refractivity (Wildman–Crippen MR) is 143 cm³/mol. The van der Waals surface area contributed by atoms with E-state index in [1.807, 2.05) is 24.3 Å². The summed E-state index contributed by atoms with van der Waals surface area (Å²) in [6.07, 6.45) is -3.25. The molecule has 0 saturated carbocycles. The first-order valence-corrected chi connectivity index (χ1v) is 12.7. The Bertz CT molecular complexity index is 1470. The lowest BCUT2D eigenvalue weighted by atomic mass is 9.87. The van der Waals surface area contributed by atoms with Gasteiger partial charge in [0.2, 0.25) is 0 Å². The monoisotopic (exact) mass is 564 g/mol. The van der Waals surface area contributed by atoms with E-state index < -0.39 is 29.0 Å². The number of hydrogen-bond donors (Lipinski definition) is 1. The zero-order chi connectivity index (χ0) is 27.8. The summed E-state index contributed by atoms with van der Waals surface area (Å²) in [5, 5.41) is 0.820. The number of carbonyl (C=O) groups excluding carboxylic acids is 1. The maximum absolute atomic E-state index is 15.4. The molecule has 0 saturated heterocycles. The Kier molecular flexibility index (Phi) is 7.82. The van der Waals surface area contributed by atoms with Crippen molar-refractivity contribution in [2.75, 3.05) is 6.54 Å². The summed E-state index contributed by atoms with van der Waals surface area (Å²) in [7, 11) is 0. The highest BCUT2D eigenvalue weighted by Crippen LogP contribution is 2.36. The molecular formula is C29H26Cl2F4N2O. The van der Waals surface area contributed by atoms with E-state index in [1.165, 1.54) is 17.2 Å². The lowest BCUT2D eigenvalue weighted by molar-refractivity contribution is -0.139. The van der Waals surface area contributed by atoms with Crippen molar-refractivity contribution < 1.29 is 22.4 Å². The van der Waals surface area contributed by atoms with Crippen LogP contribution in [-0.2, 0) is 24.6 Å². The minimum Gasteiger partial charge on any atom is -0.360 e. The summed E-state index contributed by atoms with van der Waals surface area (Å²) >= 11 is 12.1. The number of halogens is 6. The topological polar surface area (TPSA) is 36.1 Å². The van der Waals surface area contributed by atoms with E-state index in [0.717, 1.165) is 16.7 Å². The first-order chi connectivity index (χ1) is 17.8. The van der Waals surface area contributed by atoms with Crippen molar-refractivity contribution in [3.63, 3.8) is 0 Å². The number of amides is 1. The molecule has 4 rings (SSSR count). The molecule has 0 atom stereocenters. The third kappa shape index (κ3) is 6.00. The molecule has 0 unspecified atom stereocenters. The van der Waals surface area contributed by atoms with Crippen LogP contribution >= 0.6 is 23.2 Å². The number of fused-ring (bicyclic) bond motifs is 1. The highest BCUT2D eigenvalue weighted by Gasteiger charge is 2.38. The number of H-pyrrole nitrogens is 1. The van der Waals surface area contributed by atoms with Gasteiger partial charge in [0.05, 0.1) is 26.7 Å². The fourth-order valence-corrected chi connectivity index (χ4v) is 4.61. The van der Waals surface area contributed by atoms with E-state index in [2.05, 4.69) is 25.8 Å². The van der Waals surface area contributed by atoms with Gasteiger partial charge in [-0.1, -0.05) is 74.3 Å². The van der Waals surface area contributed by atoms with Gasteiger partial charge in [-0.25, -0.2) is 4.39 Å². The summed E-state index contributed by atoms with van der Waals surface area (Å²) in [4.78, 5) is 17.9. The van der Waals surface area contributed by atoms with Gasteiger partial charge < -0.3 is 9.88 Å². The Labute approximate surface area is 228 Å². The molecule has 0 bridgehead atoms. The Hall–Kier alpha value is -3.03. The zero-order valence-corrected chi connectivity index (χ0v) is 22.5. The lowest BCUT2D eigenvalue weighted by Gasteiger charge is -2.25. The molecule has 3 aromatic carbocycles. The molecule has 1 amide bonds. The molecule has 1 aromatic heterocycles. The number of alkyl halides is 3. The SMILES string of the molecule is CC(C)(C)c1ccc(CN(CCc2ccc(Cl)c(Cl)c2)C(=O)c2c(F)c(C(F)(F)F)cc3cc[nH]c23)cc1. The summed E-state index contributed by atoms with van der Waals surface area (Å²) in [5.74, 6) is -2.44. The third-order valence-electron chi connectivity index (χ3n) is 6.44. The number of benzene rings is 3. The first kappa shape index (κ1) is 28.0. The van der Waals surface area contributed by atoms with E-state index in [1.54, 1.807) is 18.2 Å². The van der Waals surface area contributed by atoms with Gasteiger partial charge in [0.25, 0.3) is 5.91 Å². The van der Waals surface area contributed by atoms with Gasteiger partial charge in [-0.15, -0.1) is 0 Å². The van der Waals surface area contributed by atoms with Crippen LogP contribution in [0.2, 0.25) is 10.0 Å². The number of rotatable bonds is 6. The van der Waals surface area contributed by atoms with Crippen LogP contribution < -0.4 is 0 Å². The number of nitrogens with one attached hydrogen (secondary N) is 1. The minimum atomic E-state index is -4.96. The van der Waals surface area contributed by atoms with Crippen LogP contribution in [0.3, 0.4) is 0 Å². The zero-order valence-electron chi connectivity index (χ0n) is 21.0. The Morgan fingerprint density at radius 2 is 1.58 bits per heavy atom. The van der Waals surface area contributed by atoms with E-state index in [-0.39, 0.29) is 29.4 Å². The van der Waals surface area contributed by atoms with Crippen molar-refractivity contribution >= 4 is 40.0 Å². The molecule has 1 heterocycles. The quantitative estimate of drug-likeness (QED) is 0.233. The number of aromatic amines is 1. The van der Waals surface area contributed by atoms with Crippen LogP contribution in [-0.4, -0.2) is 22.3 Å². The molecule has 200 valence electrons. The van der Waals surface area contributed by atoms with E-state index in [4.69, 9.17) is 23.2 Å². The van der Waals surface area contributed by atoms with Crippen LogP contribution in [0.25, 0.3) is 10.9 Å². The lowest BCUT2D eigenvalue weighted by Crippen LogP contribution is -2.34. The molecule has 0 aliphatic carbocycles. The Balaban J connectivity index is 1.74. The second-order valence-electron chi connectivity index (χ2n) is 10.2. The number of aromatic nitrogens is 1. The normalized spacial score (nSPS) is 12.2. The van der Waals surface area contributed by atoms with Gasteiger partial charge in [-0.2, -0.15) is 13.2 Å². The second-order valence-corrected chi connectivity index (χ2v) is 11.0. The molecule has 9 heteroatoms. The molecule has 0 spiro atoms. The van der Waals surface area contributed by atoms with Crippen LogP contribution in [0.15, 0.2) is 60.8 Å². The van der Waals surface area contributed by atoms with E-state index in [9.17, 15) is 18.0 Å². The first-order valence-electron chi connectivity index (χ1n) is 11.9. The van der Waals surface area contributed by atoms with Gasteiger partial charge in [0, 0.05) is 24.7 Å². The average Bonchev–Trinajstić information content (AvgIpc) is 3.30. The highest BCUT2D eigenvalue weighted by molar-refractivity contribution is 6.42. The van der Waals surface area contributed by atoms with Crippen molar-refractivity contribution in [1.82, 2.24) is 9.88 Å². The third-order valence-corrected chi connectivity index (χ3v) is 7.18. The van der Waals surface area contributed by atoms with Crippen LogP contribution in [0.5, 0.6) is 0 Å². The maximum atomic E-state index is 15.4. The van der Waals surface area contributed by atoms with Crippen LogP contribution in [0, 0.1) is 5.82 Å². The number of hydrogen-bond acceptors (Lipinski definition) is 1. The number of nitrogens with zero attached hydrogens (tertiary/aromatic N) is 1. The van der Waals surface area contributed by atoms with Gasteiger partial charge in [-0.05, 0) is 52.8 Å². The van der Waals surface area contributed by atoms with Gasteiger partial charge in [-0.3, -0.25) is 4.79 Å². The fraction of sp³-hybridized carbons (Fsp3) is 0.276. The number of carbonyl (C=O) groups is 1. The van der Waals surface area contributed by atoms with Gasteiger partial charge in [0.15, 0.2) is 0 Å². The fourth-order valence-electron chi connectivity index (χ4n) is 4.29. The molecule has 4 aromatic rings. The summed E-state index contributed by atoms with van der Waals surface area (Å²) in [6.45, 7) is 6.41. The van der Waals surface area contributed by atoms with Gasteiger partial charge in [0.1, 0.15) is 5.82 Å². The molecule has 0 aliphatic rings. The largest absolute Gasteiger partial charge is 0.419 e. The van der Waals surface area contributed by atoms with Crippen molar-refractivity contribution in [2.24, 2.45) is 0 Å². The van der Waals surface area contributed by atoms with Crippen molar-refractivity contribution in [2.45, 2.75) is 45.3 Å². The van der Waals surface area contributed by atoms with Gasteiger partial charge >= 0.3 is 6.18 Å². The molecular weight excluding hydrogens is 539 g/mol. The summed E-state index contributed by atoms with van der Waals surface area (Å²) < 4.78 is 56.3. The van der Waals surface area contributed by atoms with Crippen molar-refractivity contribution in [1.29, 1.82) is 0 Å². The molecule has 38 heavy (non-hydrogen) atoms. The van der Waals surface area contributed by atoms with Crippen LogP contribution in [0.1, 0.15) is 53.4 Å². The second kappa shape index (κ2) is 10.6. The molecule has 3 nitrogen and oxygen atoms in total. The molecule has 1 N–H and O–H groups in total. The summed E-state index contributed by atoms with van der Waals surface area (Å²) in [6, 6.07) is 14.8.